The maximum atomic E-state index is 12.1. The Morgan fingerprint density at radius 2 is 1.32 bits per heavy atom. The molecule has 0 atom stereocenters. The van der Waals surface area contributed by atoms with Crippen molar-refractivity contribution in [3.05, 3.63) is 29.8 Å². The van der Waals surface area contributed by atoms with E-state index in [1.54, 1.807) is 24.3 Å². The van der Waals surface area contributed by atoms with E-state index in [9.17, 15) is 9.59 Å². The maximum Gasteiger partial charge on any atom is 0.229 e. The molecule has 0 fully saturated rings. The van der Waals surface area contributed by atoms with Gasteiger partial charge in [-0.1, -0.05) is 41.5 Å². The first-order valence-corrected chi connectivity index (χ1v) is 6.48. The van der Waals surface area contributed by atoms with E-state index < -0.39 is 10.8 Å². The summed E-state index contributed by atoms with van der Waals surface area (Å²) in [6, 6.07) is 7.04. The topological polar surface area (TPSA) is 46.2 Å². The fourth-order valence-electron chi connectivity index (χ4n) is 1.46. The van der Waals surface area contributed by atoms with E-state index in [4.69, 9.17) is 0 Å². The molecule has 0 radical (unpaired) electrons. The molecule has 3 nitrogen and oxygen atoms in total. The molecule has 0 heterocycles. The molecule has 1 amide bonds. The first-order chi connectivity index (χ1) is 8.51. The lowest BCUT2D eigenvalue weighted by molar-refractivity contribution is -0.123. The quantitative estimate of drug-likeness (QED) is 0.821. The highest BCUT2D eigenvalue weighted by molar-refractivity contribution is 6.00. The van der Waals surface area contributed by atoms with Crippen LogP contribution >= 0.6 is 0 Å². The Morgan fingerprint density at radius 3 is 1.68 bits per heavy atom. The zero-order chi connectivity index (χ0) is 14.8. The first-order valence-electron chi connectivity index (χ1n) is 6.48. The monoisotopic (exact) mass is 261 g/mol. The van der Waals surface area contributed by atoms with Gasteiger partial charge in [-0.3, -0.25) is 9.59 Å². The molecule has 0 aliphatic carbocycles. The Bertz CT molecular complexity index is 473. The Labute approximate surface area is 115 Å². The van der Waals surface area contributed by atoms with Crippen LogP contribution in [0.25, 0.3) is 0 Å². The SMILES string of the molecule is CC(C)(C)C(=O)Nc1ccc(C(=O)C(C)(C)C)cc1. The predicted molar refractivity (Wildman–Crippen MR) is 78.3 cm³/mol. The van der Waals surface area contributed by atoms with Crippen molar-refractivity contribution >= 4 is 17.4 Å². The van der Waals surface area contributed by atoms with Crippen molar-refractivity contribution in [2.24, 2.45) is 10.8 Å². The van der Waals surface area contributed by atoms with Crippen LogP contribution < -0.4 is 5.32 Å². The van der Waals surface area contributed by atoms with Gasteiger partial charge in [-0.05, 0) is 24.3 Å². The molecule has 1 rings (SSSR count). The van der Waals surface area contributed by atoms with Gasteiger partial charge in [0.05, 0.1) is 0 Å². The molecule has 104 valence electrons. The summed E-state index contributed by atoms with van der Waals surface area (Å²) >= 11 is 0. The molecule has 0 aromatic heterocycles. The minimum Gasteiger partial charge on any atom is -0.326 e. The first kappa shape index (κ1) is 15.4. The lowest BCUT2D eigenvalue weighted by Gasteiger charge is -2.19. The number of nitrogens with one attached hydrogen (secondary N) is 1. The van der Waals surface area contributed by atoms with Crippen LogP contribution in [0.2, 0.25) is 0 Å². The molecule has 0 aliphatic heterocycles. The molecule has 0 spiro atoms. The van der Waals surface area contributed by atoms with E-state index in [1.165, 1.54) is 0 Å². The number of rotatable bonds is 2. The minimum absolute atomic E-state index is 0.0394. The highest BCUT2D eigenvalue weighted by Gasteiger charge is 2.23. The Kier molecular flexibility index (Phi) is 4.18. The molecule has 0 aliphatic rings. The molecule has 0 bridgehead atoms. The molecule has 1 N–H and O–H groups in total. The number of hydrogen-bond acceptors (Lipinski definition) is 2. The van der Waals surface area contributed by atoms with E-state index in [-0.39, 0.29) is 11.7 Å². The van der Waals surface area contributed by atoms with Gasteiger partial charge in [0.25, 0.3) is 0 Å². The zero-order valence-electron chi connectivity index (χ0n) is 12.6. The standard InChI is InChI=1S/C16H23NO2/c1-15(2,3)13(18)11-7-9-12(10-8-11)17-14(19)16(4,5)6/h7-10H,1-6H3,(H,17,19). The second-order valence-electron chi connectivity index (χ2n) is 6.86. The van der Waals surface area contributed by atoms with Crippen LogP contribution in [0.4, 0.5) is 5.69 Å². The molecule has 0 saturated heterocycles. The molecule has 3 heteroatoms. The summed E-state index contributed by atoms with van der Waals surface area (Å²) in [5, 5.41) is 2.84. The molecule has 1 aromatic rings. The van der Waals surface area contributed by atoms with Crippen molar-refractivity contribution in [3.8, 4) is 0 Å². The highest BCUT2D eigenvalue weighted by Crippen LogP contribution is 2.22. The van der Waals surface area contributed by atoms with E-state index in [0.717, 1.165) is 0 Å². The summed E-state index contributed by atoms with van der Waals surface area (Å²) in [6.45, 7) is 11.3. The van der Waals surface area contributed by atoms with E-state index in [1.807, 2.05) is 41.5 Å². The van der Waals surface area contributed by atoms with Gasteiger partial charge in [0, 0.05) is 22.1 Å². The van der Waals surface area contributed by atoms with Crippen LogP contribution in [0.5, 0.6) is 0 Å². The molecule has 0 unspecified atom stereocenters. The van der Waals surface area contributed by atoms with Crippen LogP contribution in [0, 0.1) is 10.8 Å². The maximum absolute atomic E-state index is 12.1. The molecule has 0 saturated carbocycles. The van der Waals surface area contributed by atoms with E-state index >= 15 is 0 Å². The van der Waals surface area contributed by atoms with Gasteiger partial charge in [0.15, 0.2) is 5.78 Å². The summed E-state index contributed by atoms with van der Waals surface area (Å²) in [7, 11) is 0. The third kappa shape index (κ3) is 4.19. The van der Waals surface area contributed by atoms with Crippen molar-refractivity contribution in [3.63, 3.8) is 0 Å². The van der Waals surface area contributed by atoms with Crippen LogP contribution in [-0.2, 0) is 4.79 Å². The summed E-state index contributed by atoms with van der Waals surface area (Å²) in [5.41, 5.74) is 0.558. The lowest BCUT2D eigenvalue weighted by atomic mass is 9.86. The van der Waals surface area contributed by atoms with Gasteiger partial charge < -0.3 is 5.32 Å². The average molecular weight is 261 g/mol. The molecular formula is C16H23NO2. The second-order valence-corrected chi connectivity index (χ2v) is 6.86. The van der Waals surface area contributed by atoms with Gasteiger partial charge in [-0.15, -0.1) is 0 Å². The lowest BCUT2D eigenvalue weighted by Crippen LogP contribution is -2.27. The van der Waals surface area contributed by atoms with Crippen molar-refractivity contribution in [1.29, 1.82) is 0 Å². The van der Waals surface area contributed by atoms with Gasteiger partial charge in [-0.25, -0.2) is 0 Å². The number of ketones is 1. The van der Waals surface area contributed by atoms with Crippen LogP contribution in [0.15, 0.2) is 24.3 Å². The van der Waals surface area contributed by atoms with E-state index in [0.29, 0.717) is 11.3 Å². The number of benzene rings is 1. The van der Waals surface area contributed by atoms with Gasteiger partial charge in [0.2, 0.25) is 5.91 Å². The summed E-state index contributed by atoms with van der Waals surface area (Å²) in [6.07, 6.45) is 0. The number of Topliss-reactive ketones (excluding diaryl/α,β-unsaturated/α-hetero) is 1. The summed E-state index contributed by atoms with van der Waals surface area (Å²) < 4.78 is 0. The van der Waals surface area contributed by atoms with Gasteiger partial charge in [0.1, 0.15) is 0 Å². The molecular weight excluding hydrogens is 238 g/mol. The highest BCUT2D eigenvalue weighted by atomic mass is 16.2. The third-order valence-electron chi connectivity index (χ3n) is 2.77. The van der Waals surface area contributed by atoms with Crippen LogP contribution in [0.1, 0.15) is 51.9 Å². The normalized spacial score (nSPS) is 12.1. The minimum atomic E-state index is -0.431. The number of hydrogen-bond donors (Lipinski definition) is 1. The van der Waals surface area contributed by atoms with E-state index in [2.05, 4.69) is 5.32 Å². The second kappa shape index (κ2) is 5.16. The van der Waals surface area contributed by atoms with Crippen LogP contribution in [0.3, 0.4) is 0 Å². The van der Waals surface area contributed by atoms with Gasteiger partial charge in [-0.2, -0.15) is 0 Å². The van der Waals surface area contributed by atoms with Crippen molar-refractivity contribution in [2.45, 2.75) is 41.5 Å². The smallest absolute Gasteiger partial charge is 0.229 e. The third-order valence-corrected chi connectivity index (χ3v) is 2.77. The zero-order valence-corrected chi connectivity index (χ0v) is 12.6. The van der Waals surface area contributed by atoms with Crippen molar-refractivity contribution in [2.75, 3.05) is 5.32 Å². The fraction of sp³-hybridized carbons (Fsp3) is 0.500. The Hall–Kier alpha value is -1.64. The predicted octanol–water partition coefficient (Wildman–Crippen LogP) is 3.90. The summed E-state index contributed by atoms with van der Waals surface area (Å²) in [5.74, 6) is 0.0589. The summed E-state index contributed by atoms with van der Waals surface area (Å²) in [4.78, 5) is 23.9. The fourth-order valence-corrected chi connectivity index (χ4v) is 1.46. The van der Waals surface area contributed by atoms with Gasteiger partial charge >= 0.3 is 0 Å². The Balaban J connectivity index is 2.84. The Morgan fingerprint density at radius 1 is 0.842 bits per heavy atom. The largest absolute Gasteiger partial charge is 0.326 e. The number of anilines is 1. The van der Waals surface area contributed by atoms with Crippen molar-refractivity contribution in [1.82, 2.24) is 0 Å². The number of carbonyl (C=O) groups excluding carboxylic acids is 2. The molecule has 1 aromatic carbocycles. The number of carbonyl (C=O) groups is 2. The van der Waals surface area contributed by atoms with Crippen molar-refractivity contribution < 1.29 is 9.59 Å². The van der Waals surface area contributed by atoms with Crippen LogP contribution in [-0.4, -0.2) is 11.7 Å². The number of amides is 1. The average Bonchev–Trinajstić information content (AvgIpc) is 2.26. The molecule has 19 heavy (non-hydrogen) atoms.